The molecule has 2 aromatic rings. The monoisotopic (exact) mass is 278 g/mol. The highest BCUT2D eigenvalue weighted by Gasteiger charge is 2.12. The van der Waals surface area contributed by atoms with E-state index >= 15 is 0 Å². The number of hydrogen-bond donors (Lipinski definition) is 2. The van der Waals surface area contributed by atoms with E-state index in [0.717, 1.165) is 5.69 Å². The molecule has 0 aromatic carbocycles. The summed E-state index contributed by atoms with van der Waals surface area (Å²) in [6, 6.07) is 4.58. The minimum absolute atomic E-state index is 0.0650. The molecule has 0 aliphatic rings. The summed E-state index contributed by atoms with van der Waals surface area (Å²) in [7, 11) is 0. The number of rotatable bonds is 4. The van der Waals surface area contributed by atoms with E-state index in [4.69, 9.17) is 16.7 Å². The normalized spacial score (nSPS) is 10.2. The molecule has 6 nitrogen and oxygen atoms in total. The quantitative estimate of drug-likeness (QED) is 0.833. The van der Waals surface area contributed by atoms with Gasteiger partial charge in [0.25, 0.3) is 0 Å². The first-order chi connectivity index (χ1) is 9.06. The Balaban J connectivity index is 2.19. The lowest BCUT2D eigenvalue weighted by Gasteiger charge is -2.08. The Bertz CT molecular complexity index is 618. The van der Waals surface area contributed by atoms with Gasteiger partial charge in [0.1, 0.15) is 22.4 Å². The van der Waals surface area contributed by atoms with E-state index in [-0.39, 0.29) is 16.5 Å². The number of nitrogens with zero attached hydrogens (tertiary/aromatic N) is 3. The van der Waals surface area contributed by atoms with Gasteiger partial charge >= 0.3 is 5.97 Å². The molecular formula is C12H11ClN4O2. The van der Waals surface area contributed by atoms with Gasteiger partial charge in [0.05, 0.1) is 12.2 Å². The van der Waals surface area contributed by atoms with Crippen molar-refractivity contribution in [1.82, 2.24) is 15.0 Å². The van der Waals surface area contributed by atoms with Gasteiger partial charge in [-0.25, -0.2) is 19.7 Å². The number of carboxylic acid groups (broad SMARTS) is 1. The zero-order valence-corrected chi connectivity index (χ0v) is 10.8. The summed E-state index contributed by atoms with van der Waals surface area (Å²) in [4.78, 5) is 23.2. The molecule has 0 aliphatic carbocycles. The lowest BCUT2D eigenvalue weighted by Crippen LogP contribution is -2.09. The third kappa shape index (κ3) is 3.38. The van der Waals surface area contributed by atoms with E-state index in [1.54, 1.807) is 19.2 Å². The number of carboxylic acids is 1. The van der Waals surface area contributed by atoms with Crippen LogP contribution in [-0.2, 0) is 6.54 Å². The van der Waals surface area contributed by atoms with Crippen molar-refractivity contribution in [3.05, 3.63) is 46.6 Å². The molecule has 2 aromatic heterocycles. The first kappa shape index (κ1) is 13.2. The summed E-state index contributed by atoms with van der Waals surface area (Å²) in [5.41, 5.74) is 0.806. The lowest BCUT2D eigenvalue weighted by molar-refractivity contribution is 0.0697. The summed E-state index contributed by atoms with van der Waals surface area (Å²) in [5.74, 6) is -0.196. The van der Waals surface area contributed by atoms with Crippen molar-refractivity contribution < 1.29 is 9.90 Å². The Morgan fingerprint density at radius 2 is 2.16 bits per heavy atom. The Morgan fingerprint density at radius 1 is 1.37 bits per heavy atom. The van der Waals surface area contributed by atoms with E-state index in [9.17, 15) is 4.79 Å². The van der Waals surface area contributed by atoms with E-state index in [0.29, 0.717) is 12.4 Å². The van der Waals surface area contributed by atoms with Crippen molar-refractivity contribution in [2.45, 2.75) is 13.5 Å². The van der Waals surface area contributed by atoms with Crippen LogP contribution in [0, 0.1) is 6.92 Å². The third-order valence-electron chi connectivity index (χ3n) is 2.36. The van der Waals surface area contributed by atoms with Gasteiger partial charge in [0, 0.05) is 6.20 Å². The van der Waals surface area contributed by atoms with Gasteiger partial charge in [-0.3, -0.25) is 0 Å². The second kappa shape index (κ2) is 5.62. The van der Waals surface area contributed by atoms with Gasteiger partial charge in [-0.2, -0.15) is 0 Å². The molecule has 0 atom stereocenters. The third-order valence-corrected chi connectivity index (χ3v) is 2.57. The number of aromatic nitrogens is 3. The van der Waals surface area contributed by atoms with Crippen molar-refractivity contribution in [2.24, 2.45) is 0 Å². The summed E-state index contributed by atoms with van der Waals surface area (Å²) >= 11 is 5.76. The number of hydrogen-bond acceptors (Lipinski definition) is 5. The predicted molar refractivity (Wildman–Crippen MR) is 70.3 cm³/mol. The van der Waals surface area contributed by atoms with Crippen LogP contribution in [0.4, 0.5) is 5.82 Å². The molecule has 0 radical (unpaired) electrons. The van der Waals surface area contributed by atoms with Crippen molar-refractivity contribution in [1.29, 1.82) is 0 Å². The van der Waals surface area contributed by atoms with Gasteiger partial charge < -0.3 is 10.4 Å². The SMILES string of the molecule is Cc1nccc(CNc2nc(Cl)ccc2C(=O)O)n1. The van der Waals surface area contributed by atoms with E-state index in [1.165, 1.54) is 12.1 Å². The molecule has 0 saturated heterocycles. The number of carbonyl (C=O) groups is 1. The summed E-state index contributed by atoms with van der Waals surface area (Å²) in [6.45, 7) is 2.13. The molecule has 19 heavy (non-hydrogen) atoms. The molecule has 98 valence electrons. The minimum Gasteiger partial charge on any atom is -0.478 e. The van der Waals surface area contributed by atoms with Gasteiger partial charge in [0.15, 0.2) is 0 Å². The highest BCUT2D eigenvalue weighted by molar-refractivity contribution is 6.29. The van der Waals surface area contributed by atoms with Crippen LogP contribution in [0.15, 0.2) is 24.4 Å². The maximum atomic E-state index is 11.0. The molecule has 0 aliphatic heterocycles. The zero-order valence-electron chi connectivity index (χ0n) is 10.1. The Labute approximate surface area is 114 Å². The van der Waals surface area contributed by atoms with Crippen molar-refractivity contribution in [3.63, 3.8) is 0 Å². The number of pyridine rings is 1. The van der Waals surface area contributed by atoms with Crippen LogP contribution >= 0.6 is 11.6 Å². The molecule has 2 rings (SSSR count). The zero-order chi connectivity index (χ0) is 13.8. The molecule has 0 bridgehead atoms. The maximum absolute atomic E-state index is 11.0. The van der Waals surface area contributed by atoms with E-state index < -0.39 is 5.97 Å². The van der Waals surface area contributed by atoms with Gasteiger partial charge in [-0.15, -0.1) is 0 Å². The van der Waals surface area contributed by atoms with Crippen molar-refractivity contribution in [2.75, 3.05) is 5.32 Å². The Hall–Kier alpha value is -2.21. The summed E-state index contributed by atoms with van der Waals surface area (Å²) < 4.78 is 0. The van der Waals surface area contributed by atoms with Gasteiger partial charge in [-0.05, 0) is 25.1 Å². The molecule has 0 fully saturated rings. The molecule has 7 heteroatoms. The van der Waals surface area contributed by atoms with Crippen LogP contribution in [0.1, 0.15) is 21.9 Å². The number of halogens is 1. The summed E-state index contributed by atoms with van der Waals surface area (Å²) in [5, 5.41) is 12.2. The number of aromatic carboxylic acids is 1. The van der Waals surface area contributed by atoms with Crippen LogP contribution in [0.5, 0.6) is 0 Å². The topological polar surface area (TPSA) is 88.0 Å². The average Bonchev–Trinajstić information content (AvgIpc) is 2.36. The van der Waals surface area contributed by atoms with Gasteiger partial charge in [0.2, 0.25) is 0 Å². The first-order valence-corrected chi connectivity index (χ1v) is 5.86. The number of anilines is 1. The second-order valence-electron chi connectivity index (χ2n) is 3.78. The number of aryl methyl sites for hydroxylation is 1. The first-order valence-electron chi connectivity index (χ1n) is 5.48. The lowest BCUT2D eigenvalue weighted by atomic mass is 10.2. The Morgan fingerprint density at radius 3 is 2.84 bits per heavy atom. The molecule has 0 spiro atoms. The van der Waals surface area contributed by atoms with Crippen molar-refractivity contribution >= 4 is 23.4 Å². The fourth-order valence-corrected chi connectivity index (χ4v) is 1.67. The van der Waals surface area contributed by atoms with Gasteiger partial charge in [-0.1, -0.05) is 11.6 Å². The fourth-order valence-electron chi connectivity index (χ4n) is 1.52. The molecule has 0 saturated carbocycles. The molecule has 2 N–H and O–H groups in total. The smallest absolute Gasteiger partial charge is 0.339 e. The molecule has 2 heterocycles. The largest absolute Gasteiger partial charge is 0.478 e. The predicted octanol–water partition coefficient (Wildman–Crippen LogP) is 2.14. The van der Waals surface area contributed by atoms with E-state index in [2.05, 4.69) is 20.3 Å². The number of nitrogens with one attached hydrogen (secondary N) is 1. The van der Waals surface area contributed by atoms with Crippen molar-refractivity contribution in [3.8, 4) is 0 Å². The van der Waals surface area contributed by atoms with Crippen LogP contribution < -0.4 is 5.32 Å². The minimum atomic E-state index is -1.06. The van der Waals surface area contributed by atoms with Crippen LogP contribution in [0.25, 0.3) is 0 Å². The molecule has 0 unspecified atom stereocenters. The standard InChI is InChI=1S/C12H11ClN4O2/c1-7-14-5-4-8(16-7)6-15-11-9(12(18)19)2-3-10(13)17-11/h2-5H,6H2,1H3,(H,15,17)(H,18,19). The summed E-state index contributed by atoms with van der Waals surface area (Å²) in [6.07, 6.45) is 1.64. The molecule has 0 amide bonds. The van der Waals surface area contributed by atoms with Crippen LogP contribution in [0.3, 0.4) is 0 Å². The van der Waals surface area contributed by atoms with Crippen LogP contribution in [-0.4, -0.2) is 26.0 Å². The average molecular weight is 279 g/mol. The maximum Gasteiger partial charge on any atom is 0.339 e. The van der Waals surface area contributed by atoms with Crippen LogP contribution in [0.2, 0.25) is 5.15 Å². The highest BCUT2D eigenvalue weighted by Crippen LogP contribution is 2.17. The highest BCUT2D eigenvalue weighted by atomic mass is 35.5. The fraction of sp³-hybridized carbons (Fsp3) is 0.167. The Kier molecular flexibility index (Phi) is 3.91. The van der Waals surface area contributed by atoms with E-state index in [1.807, 2.05) is 0 Å². The molecular weight excluding hydrogens is 268 g/mol. The second-order valence-corrected chi connectivity index (χ2v) is 4.17.